The first-order valence-electron chi connectivity index (χ1n) is 10.3. The molecule has 6 nitrogen and oxygen atoms in total. The third-order valence-corrected chi connectivity index (χ3v) is 5.07. The number of fused-ring (bicyclic) bond motifs is 1. The number of nitrogens with one attached hydrogen (secondary N) is 2. The van der Waals surface area contributed by atoms with Gasteiger partial charge in [-0.1, -0.05) is 48.5 Å². The number of carbonyl (C=O) groups excluding carboxylic acids is 2. The monoisotopic (exact) mass is 426 g/mol. The third kappa shape index (κ3) is 5.10. The molecule has 32 heavy (non-hydrogen) atoms. The van der Waals surface area contributed by atoms with Crippen LogP contribution in [0, 0.1) is 0 Å². The molecule has 0 atom stereocenters. The van der Waals surface area contributed by atoms with Gasteiger partial charge in [-0.2, -0.15) is 0 Å². The predicted molar refractivity (Wildman–Crippen MR) is 124 cm³/mol. The summed E-state index contributed by atoms with van der Waals surface area (Å²) in [7, 11) is 0. The molecule has 6 heteroatoms. The molecule has 2 N–H and O–H groups in total. The van der Waals surface area contributed by atoms with Gasteiger partial charge in [0.05, 0.1) is 0 Å². The van der Waals surface area contributed by atoms with Crippen molar-refractivity contribution in [3.05, 3.63) is 112 Å². The summed E-state index contributed by atoms with van der Waals surface area (Å²) in [5.41, 5.74) is 2.25. The molecule has 0 aliphatic carbocycles. The lowest BCUT2D eigenvalue weighted by atomic mass is 10.1. The van der Waals surface area contributed by atoms with Gasteiger partial charge in [-0.05, 0) is 42.0 Å². The first-order valence-corrected chi connectivity index (χ1v) is 10.3. The summed E-state index contributed by atoms with van der Waals surface area (Å²) < 4.78 is 5.23. The van der Waals surface area contributed by atoms with Crippen molar-refractivity contribution in [2.75, 3.05) is 11.9 Å². The zero-order valence-electron chi connectivity index (χ0n) is 17.3. The predicted octanol–water partition coefficient (Wildman–Crippen LogP) is 4.41. The maximum absolute atomic E-state index is 12.5. The number of carbonyl (C=O) groups is 2. The maximum Gasteiger partial charge on any atom is 0.347 e. The van der Waals surface area contributed by atoms with E-state index in [1.165, 1.54) is 0 Å². The second kappa shape index (κ2) is 9.75. The van der Waals surface area contributed by atoms with Crippen LogP contribution in [0.5, 0.6) is 0 Å². The number of anilines is 1. The quantitative estimate of drug-likeness (QED) is 0.322. The Labute approximate surface area is 184 Å². The van der Waals surface area contributed by atoms with Gasteiger partial charge in [0.1, 0.15) is 11.1 Å². The Morgan fingerprint density at radius 3 is 2.34 bits per heavy atom. The maximum atomic E-state index is 12.5. The molecule has 0 radical (unpaired) electrons. The average molecular weight is 426 g/mol. The van der Waals surface area contributed by atoms with Crippen molar-refractivity contribution in [1.82, 2.24) is 5.32 Å². The minimum absolute atomic E-state index is 0.0518. The van der Waals surface area contributed by atoms with Gasteiger partial charge >= 0.3 is 5.63 Å². The van der Waals surface area contributed by atoms with E-state index in [0.29, 0.717) is 29.6 Å². The van der Waals surface area contributed by atoms with Crippen LogP contribution in [-0.2, 0) is 6.54 Å². The highest BCUT2D eigenvalue weighted by molar-refractivity contribution is 5.98. The van der Waals surface area contributed by atoms with Gasteiger partial charge < -0.3 is 15.1 Å². The molecule has 0 bridgehead atoms. The number of Topliss-reactive ketones (excluding diaryl/α,β-unsaturated/α-hetero) is 1. The minimum Gasteiger partial charge on any atom is -0.422 e. The Kier molecular flexibility index (Phi) is 6.41. The molecule has 0 aliphatic rings. The van der Waals surface area contributed by atoms with Crippen molar-refractivity contribution >= 4 is 28.3 Å². The fourth-order valence-electron chi connectivity index (χ4n) is 3.33. The summed E-state index contributed by atoms with van der Waals surface area (Å²) in [5, 5.41) is 6.74. The largest absolute Gasteiger partial charge is 0.422 e. The summed E-state index contributed by atoms with van der Waals surface area (Å²) in [6.07, 6.45) is 0.141. The molecule has 1 aromatic heterocycles. The van der Waals surface area contributed by atoms with E-state index in [0.717, 1.165) is 11.3 Å². The summed E-state index contributed by atoms with van der Waals surface area (Å²) in [5.74, 6) is -0.437. The topological polar surface area (TPSA) is 88.4 Å². The van der Waals surface area contributed by atoms with Crippen molar-refractivity contribution in [3.63, 3.8) is 0 Å². The van der Waals surface area contributed by atoms with Crippen molar-refractivity contribution in [2.24, 2.45) is 0 Å². The molecular weight excluding hydrogens is 404 g/mol. The molecule has 0 aliphatic heterocycles. The molecule has 3 aromatic carbocycles. The van der Waals surface area contributed by atoms with Crippen LogP contribution in [0.3, 0.4) is 0 Å². The van der Waals surface area contributed by atoms with E-state index < -0.39 is 5.63 Å². The van der Waals surface area contributed by atoms with Gasteiger partial charge in [-0.15, -0.1) is 0 Å². The number of hydrogen-bond acceptors (Lipinski definition) is 5. The van der Waals surface area contributed by atoms with Gasteiger partial charge in [0, 0.05) is 36.1 Å². The van der Waals surface area contributed by atoms with Gasteiger partial charge in [-0.25, -0.2) is 4.79 Å². The molecule has 4 rings (SSSR count). The molecular formula is C26H22N2O4. The van der Waals surface area contributed by atoms with Crippen LogP contribution in [0.25, 0.3) is 11.0 Å². The summed E-state index contributed by atoms with van der Waals surface area (Å²) >= 11 is 0. The fourth-order valence-corrected chi connectivity index (χ4v) is 3.33. The molecule has 0 fully saturated rings. The van der Waals surface area contributed by atoms with E-state index in [2.05, 4.69) is 10.6 Å². The van der Waals surface area contributed by atoms with E-state index in [4.69, 9.17) is 4.42 Å². The van der Waals surface area contributed by atoms with E-state index in [9.17, 15) is 14.4 Å². The standard InChI is InChI=1S/C26H22N2O4/c29-23(22-16-20-8-4-5-9-24(20)32-26(22)31)14-15-27-21-12-10-19(11-13-21)25(30)28-17-18-6-2-1-3-7-18/h1-13,16,27H,14-15,17H2,(H,28,30). The number of ketones is 1. The highest BCUT2D eigenvalue weighted by Gasteiger charge is 2.13. The minimum atomic E-state index is -0.625. The number of amides is 1. The lowest BCUT2D eigenvalue weighted by molar-refractivity contribution is 0.0949. The molecule has 160 valence electrons. The van der Waals surface area contributed by atoms with E-state index >= 15 is 0 Å². The van der Waals surface area contributed by atoms with Crippen LogP contribution in [0.15, 0.2) is 94.1 Å². The van der Waals surface area contributed by atoms with Crippen molar-refractivity contribution < 1.29 is 14.0 Å². The number of para-hydroxylation sites is 1. The SMILES string of the molecule is O=C(NCc1ccccc1)c1ccc(NCCC(=O)c2cc3ccccc3oc2=O)cc1. The first kappa shape index (κ1) is 21.1. The van der Waals surface area contributed by atoms with Gasteiger partial charge in [0.15, 0.2) is 5.78 Å². The highest BCUT2D eigenvalue weighted by atomic mass is 16.4. The average Bonchev–Trinajstić information content (AvgIpc) is 2.83. The Bertz CT molecular complexity index is 1290. The van der Waals surface area contributed by atoms with Gasteiger partial charge in [0.25, 0.3) is 5.91 Å². The Balaban J connectivity index is 1.30. The molecule has 0 spiro atoms. The molecule has 0 saturated heterocycles. The summed E-state index contributed by atoms with van der Waals surface area (Å²) in [6.45, 7) is 0.815. The normalized spacial score (nSPS) is 10.6. The molecule has 0 saturated carbocycles. The zero-order chi connectivity index (χ0) is 22.3. The number of benzene rings is 3. The molecule has 1 amide bonds. The number of rotatable bonds is 8. The highest BCUT2D eigenvalue weighted by Crippen LogP contribution is 2.14. The van der Waals surface area contributed by atoms with Crippen LogP contribution >= 0.6 is 0 Å². The summed E-state index contributed by atoms with van der Waals surface area (Å²) in [4.78, 5) is 36.9. The second-order valence-electron chi connectivity index (χ2n) is 7.33. The van der Waals surface area contributed by atoms with Crippen molar-refractivity contribution in [3.8, 4) is 0 Å². The zero-order valence-corrected chi connectivity index (χ0v) is 17.3. The van der Waals surface area contributed by atoms with E-state index in [-0.39, 0.29) is 23.7 Å². The first-order chi connectivity index (χ1) is 15.6. The Morgan fingerprint density at radius 1 is 0.844 bits per heavy atom. The van der Waals surface area contributed by atoms with Crippen LogP contribution in [-0.4, -0.2) is 18.2 Å². The third-order valence-electron chi connectivity index (χ3n) is 5.07. The fraction of sp³-hybridized carbons (Fsp3) is 0.115. The lowest BCUT2D eigenvalue weighted by Crippen LogP contribution is -2.22. The Morgan fingerprint density at radius 2 is 1.56 bits per heavy atom. The van der Waals surface area contributed by atoms with Crippen LogP contribution in [0.4, 0.5) is 5.69 Å². The van der Waals surface area contributed by atoms with Gasteiger partial charge in [-0.3, -0.25) is 9.59 Å². The summed E-state index contributed by atoms with van der Waals surface area (Å²) in [6, 6.07) is 25.4. The molecule has 4 aromatic rings. The van der Waals surface area contributed by atoms with E-state index in [1.807, 2.05) is 36.4 Å². The van der Waals surface area contributed by atoms with Crippen LogP contribution < -0.4 is 16.3 Å². The molecule has 0 unspecified atom stereocenters. The smallest absolute Gasteiger partial charge is 0.347 e. The lowest BCUT2D eigenvalue weighted by Gasteiger charge is -2.08. The van der Waals surface area contributed by atoms with Gasteiger partial charge in [0.2, 0.25) is 0 Å². The van der Waals surface area contributed by atoms with E-state index in [1.54, 1.807) is 48.5 Å². The van der Waals surface area contributed by atoms with Crippen molar-refractivity contribution in [1.29, 1.82) is 0 Å². The Hall–Kier alpha value is -4.19. The molecule has 1 heterocycles. The van der Waals surface area contributed by atoms with Crippen LogP contribution in [0.1, 0.15) is 32.7 Å². The number of hydrogen-bond donors (Lipinski definition) is 2. The van der Waals surface area contributed by atoms with Crippen molar-refractivity contribution in [2.45, 2.75) is 13.0 Å². The van der Waals surface area contributed by atoms with Crippen LogP contribution in [0.2, 0.25) is 0 Å². The second-order valence-corrected chi connectivity index (χ2v) is 7.33.